The van der Waals surface area contributed by atoms with Gasteiger partial charge in [0.2, 0.25) is 0 Å². The van der Waals surface area contributed by atoms with Gasteiger partial charge < -0.3 is 14.2 Å². The van der Waals surface area contributed by atoms with Crippen molar-refractivity contribution in [2.24, 2.45) is 0 Å². The zero-order chi connectivity index (χ0) is 21.5. The van der Waals surface area contributed by atoms with Crippen LogP contribution in [0.3, 0.4) is 0 Å². The quantitative estimate of drug-likeness (QED) is 0.394. The Morgan fingerprint density at radius 2 is 1.60 bits per heavy atom. The summed E-state index contributed by atoms with van der Waals surface area (Å²) in [7, 11) is 3.04. The van der Waals surface area contributed by atoms with E-state index in [2.05, 4.69) is 19.9 Å². The van der Waals surface area contributed by atoms with E-state index in [1.165, 1.54) is 38.5 Å². The molecule has 0 fully saturated rings. The van der Waals surface area contributed by atoms with Crippen LogP contribution in [-0.2, 0) is 4.79 Å². The van der Waals surface area contributed by atoms with Crippen LogP contribution in [-0.4, -0.2) is 41.5 Å². The van der Waals surface area contributed by atoms with E-state index in [-0.39, 0.29) is 5.75 Å². The first-order valence-electron chi connectivity index (χ1n) is 8.60. The Balaban J connectivity index is 1.84. The molecule has 154 valence electrons. The second-order valence-electron chi connectivity index (χ2n) is 6.26. The number of carbonyl (C=O) groups is 1. The molecule has 0 amide bonds. The van der Waals surface area contributed by atoms with Crippen molar-refractivity contribution >= 4 is 27.8 Å². The third-order valence-electron chi connectivity index (χ3n) is 4.48. The molecule has 0 aliphatic carbocycles. The zero-order valence-corrected chi connectivity index (χ0v) is 15.7. The van der Waals surface area contributed by atoms with Crippen molar-refractivity contribution in [2.75, 3.05) is 14.2 Å². The normalized spacial score (nSPS) is 11.6. The first-order chi connectivity index (χ1) is 14.3. The number of hydrogen-bond donors (Lipinski definition) is 1. The van der Waals surface area contributed by atoms with E-state index in [1.54, 1.807) is 18.3 Å². The molecule has 4 rings (SSSR count). The van der Waals surface area contributed by atoms with Crippen molar-refractivity contribution in [3.63, 3.8) is 0 Å². The largest absolute Gasteiger partial charge is 0.493 e. The standard InChI is InChI=1S/C20H14F3N3O4/c1-28-15-7-12-13(8-16(15)29-2)17(25-18-14(12)9-24-26-18)10-3-5-11(6-4-10)30-19(27)20(21,22)23/h3-9H,1-2H3,(H,24,25,26). The second kappa shape index (κ2) is 7.21. The summed E-state index contributed by atoms with van der Waals surface area (Å²) < 4.78 is 52.3. The number of methoxy groups -OCH3 is 2. The minimum Gasteiger partial charge on any atom is -0.493 e. The van der Waals surface area contributed by atoms with Crippen LogP contribution in [0.1, 0.15) is 0 Å². The molecule has 10 heteroatoms. The number of ether oxygens (including phenoxy) is 3. The van der Waals surface area contributed by atoms with Gasteiger partial charge in [-0.3, -0.25) is 5.10 Å². The Hall–Kier alpha value is -3.82. The molecule has 0 unspecified atom stereocenters. The number of aromatic nitrogens is 3. The average Bonchev–Trinajstić information content (AvgIpc) is 3.21. The van der Waals surface area contributed by atoms with E-state index in [4.69, 9.17) is 9.47 Å². The highest BCUT2D eigenvalue weighted by molar-refractivity contribution is 6.11. The number of nitrogens with zero attached hydrogens (tertiary/aromatic N) is 2. The van der Waals surface area contributed by atoms with Crippen LogP contribution in [0.4, 0.5) is 13.2 Å². The van der Waals surface area contributed by atoms with Gasteiger partial charge in [-0.1, -0.05) is 0 Å². The number of H-pyrrole nitrogens is 1. The third-order valence-corrected chi connectivity index (χ3v) is 4.48. The second-order valence-corrected chi connectivity index (χ2v) is 6.26. The number of rotatable bonds is 4. The molecular formula is C20H14F3N3O4. The first-order valence-corrected chi connectivity index (χ1v) is 8.60. The van der Waals surface area contributed by atoms with Crippen molar-refractivity contribution in [3.05, 3.63) is 42.6 Å². The van der Waals surface area contributed by atoms with Gasteiger partial charge in [0.05, 0.1) is 26.1 Å². The molecule has 2 heterocycles. The maximum atomic E-state index is 12.4. The fourth-order valence-corrected chi connectivity index (χ4v) is 3.10. The Kier molecular flexibility index (Phi) is 4.69. The summed E-state index contributed by atoms with van der Waals surface area (Å²) in [6.07, 6.45) is -3.43. The Bertz CT molecular complexity index is 1250. The maximum Gasteiger partial charge on any atom is 0.491 e. The van der Waals surface area contributed by atoms with Crippen LogP contribution in [0.2, 0.25) is 0 Å². The van der Waals surface area contributed by atoms with Gasteiger partial charge in [-0.2, -0.15) is 18.3 Å². The van der Waals surface area contributed by atoms with Crippen LogP contribution in [0.5, 0.6) is 17.2 Å². The first kappa shape index (κ1) is 19.5. The fraction of sp³-hybridized carbons (Fsp3) is 0.150. The molecule has 0 saturated carbocycles. The maximum absolute atomic E-state index is 12.4. The lowest BCUT2D eigenvalue weighted by Gasteiger charge is -2.13. The average molecular weight is 417 g/mol. The number of hydrogen-bond acceptors (Lipinski definition) is 6. The van der Waals surface area contributed by atoms with Gasteiger partial charge in [-0.05, 0) is 36.4 Å². The molecule has 0 radical (unpaired) electrons. The van der Waals surface area contributed by atoms with E-state index in [0.29, 0.717) is 28.4 Å². The van der Waals surface area contributed by atoms with Gasteiger partial charge in [0.1, 0.15) is 5.75 Å². The molecular weight excluding hydrogens is 403 g/mol. The van der Waals surface area contributed by atoms with Crippen molar-refractivity contribution in [2.45, 2.75) is 6.18 Å². The van der Waals surface area contributed by atoms with Crippen LogP contribution >= 0.6 is 0 Å². The number of aromatic amines is 1. The van der Waals surface area contributed by atoms with E-state index >= 15 is 0 Å². The number of alkyl halides is 3. The number of benzene rings is 2. The Morgan fingerprint density at radius 1 is 0.967 bits per heavy atom. The number of fused-ring (bicyclic) bond motifs is 3. The minimum atomic E-state index is -5.07. The number of halogens is 3. The molecule has 0 aliphatic heterocycles. The lowest BCUT2D eigenvalue weighted by atomic mass is 10.0. The number of esters is 1. The predicted octanol–water partition coefficient (Wildman–Crippen LogP) is 4.26. The lowest BCUT2D eigenvalue weighted by Crippen LogP contribution is -2.27. The van der Waals surface area contributed by atoms with Gasteiger partial charge in [0, 0.05) is 21.7 Å². The van der Waals surface area contributed by atoms with E-state index in [1.807, 2.05) is 0 Å². The minimum absolute atomic E-state index is 0.229. The topological polar surface area (TPSA) is 86.3 Å². The van der Waals surface area contributed by atoms with Gasteiger partial charge in [0.25, 0.3) is 0 Å². The summed E-state index contributed by atoms with van der Waals surface area (Å²) in [6.45, 7) is 0. The third kappa shape index (κ3) is 3.36. The smallest absolute Gasteiger partial charge is 0.491 e. The SMILES string of the molecule is COc1cc2c(-c3ccc(OC(=O)C(F)(F)F)cc3)nc3[nH]ncc3c2cc1OC. The summed E-state index contributed by atoms with van der Waals surface area (Å²) in [6, 6.07) is 9.13. The van der Waals surface area contributed by atoms with Crippen molar-refractivity contribution in [3.8, 4) is 28.5 Å². The molecule has 4 aromatic rings. The van der Waals surface area contributed by atoms with Crippen LogP contribution < -0.4 is 14.2 Å². The number of carbonyl (C=O) groups excluding carboxylic acids is 1. The number of nitrogens with one attached hydrogen (secondary N) is 1. The van der Waals surface area contributed by atoms with E-state index < -0.39 is 12.1 Å². The molecule has 0 atom stereocenters. The summed E-state index contributed by atoms with van der Waals surface area (Å²) in [5.41, 5.74) is 1.66. The predicted molar refractivity (Wildman–Crippen MR) is 102 cm³/mol. The van der Waals surface area contributed by atoms with Crippen LogP contribution in [0, 0.1) is 0 Å². The molecule has 30 heavy (non-hydrogen) atoms. The highest BCUT2D eigenvalue weighted by atomic mass is 19.4. The van der Waals surface area contributed by atoms with Crippen LogP contribution in [0.25, 0.3) is 33.1 Å². The molecule has 2 aromatic heterocycles. The monoisotopic (exact) mass is 417 g/mol. The van der Waals surface area contributed by atoms with Gasteiger partial charge in [0.15, 0.2) is 17.1 Å². The van der Waals surface area contributed by atoms with Gasteiger partial charge in [-0.25, -0.2) is 9.78 Å². The molecule has 7 nitrogen and oxygen atoms in total. The molecule has 0 saturated heterocycles. The summed E-state index contributed by atoms with van der Waals surface area (Å²) in [4.78, 5) is 15.6. The van der Waals surface area contributed by atoms with Crippen LogP contribution in [0.15, 0.2) is 42.6 Å². The molecule has 2 aromatic carbocycles. The zero-order valence-electron chi connectivity index (χ0n) is 15.7. The summed E-state index contributed by atoms with van der Waals surface area (Å²) >= 11 is 0. The van der Waals surface area contributed by atoms with E-state index in [9.17, 15) is 18.0 Å². The molecule has 0 aliphatic rings. The Morgan fingerprint density at radius 3 is 2.20 bits per heavy atom. The van der Waals surface area contributed by atoms with Gasteiger partial charge >= 0.3 is 12.1 Å². The number of pyridine rings is 1. The van der Waals surface area contributed by atoms with Crippen molar-refractivity contribution < 1.29 is 32.2 Å². The van der Waals surface area contributed by atoms with Gasteiger partial charge in [-0.15, -0.1) is 0 Å². The fourth-order valence-electron chi connectivity index (χ4n) is 3.10. The Labute approximate surface area is 167 Å². The summed E-state index contributed by atoms with van der Waals surface area (Å²) in [5, 5.41) is 9.14. The molecule has 1 N–H and O–H groups in total. The molecule has 0 bridgehead atoms. The van der Waals surface area contributed by atoms with Crippen molar-refractivity contribution in [1.29, 1.82) is 0 Å². The molecule has 0 spiro atoms. The highest BCUT2D eigenvalue weighted by Crippen LogP contribution is 2.39. The van der Waals surface area contributed by atoms with Crippen molar-refractivity contribution in [1.82, 2.24) is 15.2 Å². The van der Waals surface area contributed by atoms with E-state index in [0.717, 1.165) is 16.2 Å². The highest BCUT2D eigenvalue weighted by Gasteiger charge is 2.41. The summed E-state index contributed by atoms with van der Waals surface area (Å²) in [5.74, 6) is -1.49. The lowest BCUT2D eigenvalue weighted by molar-refractivity contribution is -0.189.